The summed E-state index contributed by atoms with van der Waals surface area (Å²) >= 11 is 0. The Morgan fingerprint density at radius 1 is 1.12 bits per heavy atom. The van der Waals surface area contributed by atoms with E-state index < -0.39 is 5.97 Å². The van der Waals surface area contributed by atoms with Gasteiger partial charge in [0.15, 0.2) is 0 Å². The number of carboxylic acid groups (broad SMARTS) is 1. The number of likely N-dealkylation sites (tertiary alicyclic amines) is 1. The molecule has 0 atom stereocenters. The van der Waals surface area contributed by atoms with E-state index in [9.17, 15) is 9.59 Å². The van der Waals surface area contributed by atoms with Crippen molar-refractivity contribution in [2.24, 2.45) is 0 Å². The van der Waals surface area contributed by atoms with Crippen LogP contribution >= 0.6 is 0 Å². The Morgan fingerprint density at radius 3 is 2.24 bits per heavy atom. The SMILES string of the molecule is O=C(O)c1ccc(CC(=O)N2CCCC2)cc1. The van der Waals surface area contributed by atoms with Gasteiger partial charge in [0, 0.05) is 13.1 Å². The molecule has 1 fully saturated rings. The standard InChI is InChI=1S/C13H15NO3/c15-12(14-7-1-2-8-14)9-10-3-5-11(6-4-10)13(16)17/h3-6H,1-2,7-9H2,(H,16,17). The average Bonchev–Trinajstić information content (AvgIpc) is 2.83. The van der Waals surface area contributed by atoms with Crippen molar-refractivity contribution in [2.75, 3.05) is 13.1 Å². The molecule has 0 unspecified atom stereocenters. The fourth-order valence-corrected chi connectivity index (χ4v) is 2.02. The summed E-state index contributed by atoms with van der Waals surface area (Å²) in [6, 6.07) is 6.48. The molecule has 0 bridgehead atoms. The van der Waals surface area contributed by atoms with Crippen LogP contribution in [-0.2, 0) is 11.2 Å². The van der Waals surface area contributed by atoms with Gasteiger partial charge in [-0.25, -0.2) is 4.79 Å². The third kappa shape index (κ3) is 2.84. The van der Waals surface area contributed by atoms with Gasteiger partial charge in [0.25, 0.3) is 0 Å². The molecule has 1 aliphatic rings. The van der Waals surface area contributed by atoms with E-state index in [2.05, 4.69) is 0 Å². The largest absolute Gasteiger partial charge is 0.478 e. The molecule has 1 amide bonds. The van der Waals surface area contributed by atoms with Crippen molar-refractivity contribution in [1.82, 2.24) is 4.90 Å². The van der Waals surface area contributed by atoms with E-state index in [0.29, 0.717) is 6.42 Å². The maximum Gasteiger partial charge on any atom is 0.335 e. The maximum absolute atomic E-state index is 11.8. The van der Waals surface area contributed by atoms with Crippen LogP contribution in [0.25, 0.3) is 0 Å². The Bertz CT molecular complexity index is 419. The van der Waals surface area contributed by atoms with Gasteiger partial charge in [0.2, 0.25) is 5.91 Å². The molecule has 17 heavy (non-hydrogen) atoms. The Balaban J connectivity index is 1.98. The molecular weight excluding hydrogens is 218 g/mol. The van der Waals surface area contributed by atoms with Crippen molar-refractivity contribution in [3.05, 3.63) is 35.4 Å². The molecule has 0 aromatic heterocycles. The first-order valence-electron chi connectivity index (χ1n) is 5.77. The Morgan fingerprint density at radius 2 is 1.71 bits per heavy atom. The second kappa shape index (κ2) is 4.99. The highest BCUT2D eigenvalue weighted by atomic mass is 16.4. The molecule has 90 valence electrons. The van der Waals surface area contributed by atoms with Gasteiger partial charge in [-0.3, -0.25) is 4.79 Å². The molecule has 0 radical (unpaired) electrons. The number of carboxylic acids is 1. The molecule has 4 nitrogen and oxygen atoms in total. The molecule has 4 heteroatoms. The summed E-state index contributed by atoms with van der Waals surface area (Å²) in [4.78, 5) is 24.4. The molecule has 1 aromatic carbocycles. The Labute approximate surface area is 99.9 Å². The number of amides is 1. The van der Waals surface area contributed by atoms with Crippen LogP contribution in [0.5, 0.6) is 0 Å². The first-order chi connectivity index (χ1) is 8.16. The molecule has 1 N–H and O–H groups in total. The molecule has 1 saturated heterocycles. The third-order valence-corrected chi connectivity index (χ3v) is 3.02. The van der Waals surface area contributed by atoms with Crippen LogP contribution in [0.2, 0.25) is 0 Å². The molecule has 1 heterocycles. The highest BCUT2D eigenvalue weighted by Gasteiger charge is 2.17. The molecular formula is C13H15NO3. The van der Waals surface area contributed by atoms with Crippen LogP contribution < -0.4 is 0 Å². The zero-order chi connectivity index (χ0) is 12.3. The lowest BCUT2D eigenvalue weighted by atomic mass is 10.1. The van der Waals surface area contributed by atoms with Crippen molar-refractivity contribution in [2.45, 2.75) is 19.3 Å². The molecule has 2 rings (SSSR count). The lowest BCUT2D eigenvalue weighted by molar-refractivity contribution is -0.129. The van der Waals surface area contributed by atoms with Crippen molar-refractivity contribution in [1.29, 1.82) is 0 Å². The quantitative estimate of drug-likeness (QED) is 0.861. The first kappa shape index (κ1) is 11.6. The zero-order valence-electron chi connectivity index (χ0n) is 9.56. The van der Waals surface area contributed by atoms with E-state index in [4.69, 9.17) is 5.11 Å². The van der Waals surface area contributed by atoms with E-state index in [1.165, 1.54) is 12.1 Å². The minimum Gasteiger partial charge on any atom is -0.478 e. The van der Waals surface area contributed by atoms with E-state index >= 15 is 0 Å². The van der Waals surface area contributed by atoms with E-state index in [1.807, 2.05) is 4.90 Å². The number of carbonyl (C=O) groups is 2. The lowest BCUT2D eigenvalue weighted by Crippen LogP contribution is -2.29. The number of rotatable bonds is 3. The van der Waals surface area contributed by atoms with Crippen LogP contribution in [0, 0.1) is 0 Å². The van der Waals surface area contributed by atoms with Gasteiger partial charge < -0.3 is 10.0 Å². The third-order valence-electron chi connectivity index (χ3n) is 3.02. The van der Waals surface area contributed by atoms with Crippen LogP contribution in [0.1, 0.15) is 28.8 Å². The first-order valence-corrected chi connectivity index (χ1v) is 5.77. The number of benzene rings is 1. The highest BCUT2D eigenvalue weighted by molar-refractivity contribution is 5.87. The van der Waals surface area contributed by atoms with Crippen molar-refractivity contribution in [3.63, 3.8) is 0 Å². The molecule has 1 aliphatic heterocycles. The van der Waals surface area contributed by atoms with E-state index in [-0.39, 0.29) is 11.5 Å². The topological polar surface area (TPSA) is 57.6 Å². The summed E-state index contributed by atoms with van der Waals surface area (Å²) in [5, 5.41) is 8.76. The summed E-state index contributed by atoms with van der Waals surface area (Å²) in [5.74, 6) is -0.812. The average molecular weight is 233 g/mol. The van der Waals surface area contributed by atoms with Crippen LogP contribution in [0.3, 0.4) is 0 Å². The summed E-state index contributed by atoms with van der Waals surface area (Å²) in [6.45, 7) is 1.71. The molecule has 1 aromatic rings. The van der Waals surface area contributed by atoms with Crippen LogP contribution in [0.15, 0.2) is 24.3 Å². The summed E-state index contributed by atoms with van der Waals surface area (Å²) in [5.41, 5.74) is 1.12. The van der Waals surface area contributed by atoms with Crippen LogP contribution in [-0.4, -0.2) is 35.0 Å². The van der Waals surface area contributed by atoms with Crippen molar-refractivity contribution < 1.29 is 14.7 Å². The Hall–Kier alpha value is -1.84. The normalized spacial score (nSPS) is 14.9. The zero-order valence-corrected chi connectivity index (χ0v) is 9.56. The maximum atomic E-state index is 11.8. The number of aromatic carboxylic acids is 1. The Kier molecular flexibility index (Phi) is 3.42. The summed E-state index contributed by atoms with van der Waals surface area (Å²) < 4.78 is 0. The predicted molar refractivity (Wildman–Crippen MR) is 62.9 cm³/mol. The smallest absolute Gasteiger partial charge is 0.335 e. The summed E-state index contributed by atoms with van der Waals surface area (Å²) in [6.07, 6.45) is 2.54. The van der Waals surface area contributed by atoms with Gasteiger partial charge in [-0.1, -0.05) is 12.1 Å². The van der Waals surface area contributed by atoms with Gasteiger partial charge in [-0.2, -0.15) is 0 Å². The van der Waals surface area contributed by atoms with Crippen LogP contribution in [0.4, 0.5) is 0 Å². The lowest BCUT2D eigenvalue weighted by Gasteiger charge is -2.14. The van der Waals surface area contributed by atoms with Gasteiger partial charge in [-0.15, -0.1) is 0 Å². The predicted octanol–water partition coefficient (Wildman–Crippen LogP) is 1.55. The molecule has 0 aliphatic carbocycles. The minimum absolute atomic E-state index is 0.130. The second-order valence-corrected chi connectivity index (χ2v) is 4.27. The molecule has 0 saturated carbocycles. The van der Waals surface area contributed by atoms with Gasteiger partial charge in [-0.05, 0) is 30.5 Å². The number of carbonyl (C=O) groups excluding carboxylic acids is 1. The van der Waals surface area contributed by atoms with Crippen molar-refractivity contribution in [3.8, 4) is 0 Å². The number of hydrogen-bond acceptors (Lipinski definition) is 2. The minimum atomic E-state index is -0.942. The fourth-order valence-electron chi connectivity index (χ4n) is 2.02. The van der Waals surface area contributed by atoms with Crippen molar-refractivity contribution >= 4 is 11.9 Å². The summed E-state index contributed by atoms with van der Waals surface area (Å²) in [7, 11) is 0. The monoisotopic (exact) mass is 233 g/mol. The van der Waals surface area contributed by atoms with Gasteiger partial charge in [0.1, 0.15) is 0 Å². The van der Waals surface area contributed by atoms with E-state index in [1.54, 1.807) is 12.1 Å². The van der Waals surface area contributed by atoms with Gasteiger partial charge >= 0.3 is 5.97 Å². The fraction of sp³-hybridized carbons (Fsp3) is 0.385. The number of nitrogens with zero attached hydrogens (tertiary/aromatic N) is 1. The number of hydrogen-bond donors (Lipinski definition) is 1. The second-order valence-electron chi connectivity index (χ2n) is 4.27. The van der Waals surface area contributed by atoms with Gasteiger partial charge in [0.05, 0.1) is 12.0 Å². The van der Waals surface area contributed by atoms with E-state index in [0.717, 1.165) is 31.5 Å². The molecule has 0 spiro atoms. The highest BCUT2D eigenvalue weighted by Crippen LogP contribution is 2.11.